The van der Waals surface area contributed by atoms with Gasteiger partial charge in [0.2, 0.25) is 0 Å². The number of aliphatic hydroxyl groups is 1. The largest absolute Gasteiger partial charge is 0.466 e. The lowest BCUT2D eigenvalue weighted by Crippen LogP contribution is -2.57. The van der Waals surface area contributed by atoms with E-state index in [2.05, 4.69) is 20.8 Å². The number of ether oxygens (including phenoxy) is 1. The average molecular weight is 296 g/mol. The fourth-order valence-electron chi connectivity index (χ4n) is 5.59. The van der Waals surface area contributed by atoms with Crippen molar-refractivity contribution in [1.82, 2.24) is 0 Å². The highest BCUT2D eigenvalue weighted by Gasteiger charge is 2.57. The van der Waals surface area contributed by atoms with Gasteiger partial charge in [0.1, 0.15) is 0 Å². The monoisotopic (exact) mass is 296 g/mol. The van der Waals surface area contributed by atoms with E-state index in [1.165, 1.54) is 26.2 Å². The zero-order valence-electron chi connectivity index (χ0n) is 14.4. The Hall–Kier alpha value is -0.570. The summed E-state index contributed by atoms with van der Waals surface area (Å²) >= 11 is 0. The Morgan fingerprint density at radius 1 is 1.19 bits per heavy atom. The summed E-state index contributed by atoms with van der Waals surface area (Å²) < 4.78 is 5.16. The van der Waals surface area contributed by atoms with Crippen molar-refractivity contribution in [3.63, 3.8) is 0 Å². The molecule has 2 aliphatic rings. The Morgan fingerprint density at radius 2 is 1.86 bits per heavy atom. The lowest BCUT2D eigenvalue weighted by Gasteiger charge is -2.61. The molecule has 0 spiro atoms. The van der Waals surface area contributed by atoms with Gasteiger partial charge in [-0.1, -0.05) is 27.2 Å². The van der Waals surface area contributed by atoms with Gasteiger partial charge in [0.15, 0.2) is 0 Å². The number of rotatable bonds is 3. The summed E-state index contributed by atoms with van der Waals surface area (Å²) in [6.07, 6.45) is 6.45. The molecular weight excluding hydrogens is 264 g/mol. The van der Waals surface area contributed by atoms with Crippen LogP contribution in [0.15, 0.2) is 0 Å². The van der Waals surface area contributed by atoms with E-state index in [0.29, 0.717) is 17.9 Å². The number of carbonyl (C=O) groups excluding carboxylic acids is 1. The standard InChI is InChI=1S/C18H32O3/c1-13(19)21-12-8-15-17(4)10-6-9-16(2,3)14(17)7-11-18(15,5)20/h14-15,20H,6-12H2,1-5H3/t14-,15+,17-,18+/m1/s1. The van der Waals surface area contributed by atoms with Crippen LogP contribution in [0.1, 0.15) is 73.1 Å². The van der Waals surface area contributed by atoms with Crippen LogP contribution < -0.4 is 0 Å². The normalized spacial score (nSPS) is 42.2. The Morgan fingerprint density at radius 3 is 2.48 bits per heavy atom. The molecule has 2 saturated carbocycles. The third kappa shape index (κ3) is 3.13. The van der Waals surface area contributed by atoms with Gasteiger partial charge in [-0.25, -0.2) is 0 Å². The molecule has 21 heavy (non-hydrogen) atoms. The van der Waals surface area contributed by atoms with E-state index in [4.69, 9.17) is 4.74 Å². The molecule has 0 radical (unpaired) electrons. The molecule has 0 aromatic carbocycles. The molecular formula is C18H32O3. The fraction of sp³-hybridized carbons (Fsp3) is 0.944. The van der Waals surface area contributed by atoms with Gasteiger partial charge in [-0.2, -0.15) is 0 Å². The average Bonchev–Trinajstić information content (AvgIpc) is 2.31. The predicted octanol–water partition coefficient (Wildman–Crippen LogP) is 3.93. The van der Waals surface area contributed by atoms with E-state index in [-0.39, 0.29) is 17.3 Å². The first-order chi connectivity index (χ1) is 9.59. The Labute approximate surface area is 129 Å². The molecule has 0 bridgehead atoms. The zero-order valence-corrected chi connectivity index (χ0v) is 14.4. The van der Waals surface area contributed by atoms with Gasteiger partial charge >= 0.3 is 5.97 Å². The smallest absolute Gasteiger partial charge is 0.302 e. The first kappa shape index (κ1) is 16.8. The molecule has 0 aromatic heterocycles. The molecule has 0 heterocycles. The van der Waals surface area contributed by atoms with Crippen LogP contribution in [0.25, 0.3) is 0 Å². The quantitative estimate of drug-likeness (QED) is 0.803. The first-order valence-electron chi connectivity index (χ1n) is 8.45. The van der Waals surface area contributed by atoms with Crippen LogP contribution in [-0.2, 0) is 9.53 Å². The van der Waals surface area contributed by atoms with Crippen LogP contribution in [0.4, 0.5) is 0 Å². The van der Waals surface area contributed by atoms with Gasteiger partial charge in [-0.3, -0.25) is 4.79 Å². The van der Waals surface area contributed by atoms with Crippen molar-refractivity contribution in [2.45, 2.75) is 78.7 Å². The molecule has 0 unspecified atom stereocenters. The van der Waals surface area contributed by atoms with Crippen LogP contribution >= 0.6 is 0 Å². The minimum atomic E-state index is -0.640. The topological polar surface area (TPSA) is 46.5 Å². The van der Waals surface area contributed by atoms with E-state index in [9.17, 15) is 9.90 Å². The van der Waals surface area contributed by atoms with E-state index < -0.39 is 5.60 Å². The third-order valence-corrected chi connectivity index (χ3v) is 6.47. The number of hydrogen-bond acceptors (Lipinski definition) is 3. The Bertz CT molecular complexity index is 399. The predicted molar refractivity (Wildman–Crippen MR) is 83.8 cm³/mol. The maximum absolute atomic E-state index is 11.0. The molecule has 0 aromatic rings. The molecule has 3 heteroatoms. The SMILES string of the molecule is CC(=O)OCC[C@H]1[C@]2(C)CCCC(C)(C)[C@H]2CC[C@]1(C)O. The van der Waals surface area contributed by atoms with Crippen molar-refractivity contribution < 1.29 is 14.6 Å². The second-order valence-corrected chi connectivity index (χ2v) is 8.48. The van der Waals surface area contributed by atoms with Gasteiger partial charge in [0.05, 0.1) is 12.2 Å². The lowest BCUT2D eigenvalue weighted by atomic mass is 9.45. The summed E-state index contributed by atoms with van der Waals surface area (Å²) in [4.78, 5) is 11.0. The number of esters is 1. The molecule has 0 aliphatic heterocycles. The molecule has 3 nitrogen and oxygen atoms in total. The maximum atomic E-state index is 11.0. The van der Waals surface area contributed by atoms with E-state index in [0.717, 1.165) is 19.3 Å². The van der Waals surface area contributed by atoms with Gasteiger partial charge in [-0.05, 0) is 61.7 Å². The van der Waals surface area contributed by atoms with Gasteiger partial charge in [0.25, 0.3) is 0 Å². The summed E-state index contributed by atoms with van der Waals surface area (Å²) in [5.41, 5.74) is -0.133. The van der Waals surface area contributed by atoms with Crippen LogP contribution in [0.3, 0.4) is 0 Å². The van der Waals surface area contributed by atoms with Crippen LogP contribution in [0, 0.1) is 22.7 Å². The van der Waals surface area contributed by atoms with Crippen molar-refractivity contribution in [3.8, 4) is 0 Å². The number of hydrogen-bond donors (Lipinski definition) is 1. The highest BCUT2D eigenvalue weighted by molar-refractivity contribution is 5.65. The molecule has 2 fully saturated rings. The second-order valence-electron chi connectivity index (χ2n) is 8.48. The third-order valence-electron chi connectivity index (χ3n) is 6.47. The summed E-state index contributed by atoms with van der Waals surface area (Å²) in [6.45, 7) is 11.0. The van der Waals surface area contributed by atoms with Crippen molar-refractivity contribution in [1.29, 1.82) is 0 Å². The summed E-state index contributed by atoms with van der Waals surface area (Å²) in [6, 6.07) is 0. The summed E-state index contributed by atoms with van der Waals surface area (Å²) in [7, 11) is 0. The minimum Gasteiger partial charge on any atom is -0.466 e. The summed E-state index contributed by atoms with van der Waals surface area (Å²) in [5, 5.41) is 10.9. The molecule has 0 saturated heterocycles. The molecule has 0 amide bonds. The van der Waals surface area contributed by atoms with Crippen LogP contribution in [-0.4, -0.2) is 23.3 Å². The van der Waals surface area contributed by atoms with Gasteiger partial charge < -0.3 is 9.84 Å². The van der Waals surface area contributed by atoms with Crippen molar-refractivity contribution in [3.05, 3.63) is 0 Å². The second kappa shape index (κ2) is 5.57. The van der Waals surface area contributed by atoms with Crippen molar-refractivity contribution in [2.24, 2.45) is 22.7 Å². The Balaban J connectivity index is 2.22. The fourth-order valence-corrected chi connectivity index (χ4v) is 5.59. The van der Waals surface area contributed by atoms with E-state index in [1.54, 1.807) is 0 Å². The number of fused-ring (bicyclic) bond motifs is 1. The highest BCUT2D eigenvalue weighted by Crippen LogP contribution is 2.62. The molecule has 1 N–H and O–H groups in total. The highest BCUT2D eigenvalue weighted by atomic mass is 16.5. The van der Waals surface area contributed by atoms with Crippen LogP contribution in [0.5, 0.6) is 0 Å². The van der Waals surface area contributed by atoms with E-state index in [1.807, 2.05) is 6.92 Å². The Kier molecular flexibility index (Phi) is 4.45. The lowest BCUT2D eigenvalue weighted by molar-refractivity contribution is -0.175. The number of carbonyl (C=O) groups is 1. The molecule has 2 rings (SSSR count). The minimum absolute atomic E-state index is 0.156. The van der Waals surface area contributed by atoms with Crippen molar-refractivity contribution >= 4 is 5.97 Å². The van der Waals surface area contributed by atoms with Crippen molar-refractivity contribution in [2.75, 3.05) is 6.61 Å². The maximum Gasteiger partial charge on any atom is 0.302 e. The van der Waals surface area contributed by atoms with E-state index >= 15 is 0 Å². The van der Waals surface area contributed by atoms with Gasteiger partial charge in [0, 0.05) is 6.92 Å². The molecule has 122 valence electrons. The molecule has 4 atom stereocenters. The van der Waals surface area contributed by atoms with Gasteiger partial charge in [-0.15, -0.1) is 0 Å². The molecule has 2 aliphatic carbocycles. The summed E-state index contributed by atoms with van der Waals surface area (Å²) in [5.74, 6) is 0.639. The first-order valence-corrected chi connectivity index (χ1v) is 8.45. The van der Waals surface area contributed by atoms with Crippen LogP contribution in [0.2, 0.25) is 0 Å². The zero-order chi connectivity index (χ0) is 15.9.